The van der Waals surface area contributed by atoms with Gasteiger partial charge in [-0.15, -0.1) is 5.10 Å². The van der Waals surface area contributed by atoms with Crippen LogP contribution in [0.25, 0.3) is 11.0 Å². The van der Waals surface area contributed by atoms with Crippen LogP contribution in [0.4, 0.5) is 0 Å². The van der Waals surface area contributed by atoms with Gasteiger partial charge in [-0.3, -0.25) is 0 Å². The normalized spacial score (nSPS) is 15.2. The molecule has 0 saturated heterocycles. The molecule has 1 aromatic heterocycles. The third kappa shape index (κ3) is 2.22. The van der Waals surface area contributed by atoms with Gasteiger partial charge in [-0.05, 0) is 31.4 Å². The monoisotopic (exact) mass is 267 g/mol. The first-order valence-electron chi connectivity index (χ1n) is 6.09. The van der Waals surface area contributed by atoms with Crippen molar-refractivity contribution in [1.82, 2.24) is 15.0 Å². The maximum atomic E-state index is 9.71. The van der Waals surface area contributed by atoms with Gasteiger partial charge in [0.15, 0.2) is 0 Å². The molecule has 0 radical (unpaired) electrons. The van der Waals surface area contributed by atoms with Crippen LogP contribution >= 0.6 is 11.6 Å². The van der Waals surface area contributed by atoms with Crippen molar-refractivity contribution in [2.75, 3.05) is 6.61 Å². The number of hydrogen-bond acceptors (Lipinski definition) is 3. The molecule has 2 aromatic rings. The first-order chi connectivity index (χ1) is 8.48. The Hall–Kier alpha value is -1.13. The van der Waals surface area contributed by atoms with Crippen molar-refractivity contribution in [1.29, 1.82) is 0 Å². The molecule has 4 nitrogen and oxygen atoms in total. The molecular weight excluding hydrogens is 250 g/mol. The average Bonchev–Trinajstić information content (AvgIpc) is 2.74. The second kappa shape index (κ2) is 4.86. The van der Waals surface area contributed by atoms with Crippen LogP contribution in [0.2, 0.25) is 5.02 Å². The average molecular weight is 268 g/mol. The van der Waals surface area contributed by atoms with Crippen LogP contribution in [-0.2, 0) is 5.54 Å². The van der Waals surface area contributed by atoms with Crippen LogP contribution < -0.4 is 0 Å². The van der Waals surface area contributed by atoms with Crippen molar-refractivity contribution in [3.63, 3.8) is 0 Å². The van der Waals surface area contributed by atoms with E-state index in [-0.39, 0.29) is 6.61 Å². The van der Waals surface area contributed by atoms with Crippen LogP contribution in [-0.4, -0.2) is 26.7 Å². The number of aliphatic hydroxyl groups excluding tert-OH is 1. The smallest absolute Gasteiger partial charge is 0.131 e. The van der Waals surface area contributed by atoms with Gasteiger partial charge in [0.1, 0.15) is 5.52 Å². The summed E-state index contributed by atoms with van der Waals surface area (Å²) in [5.41, 5.74) is 1.09. The molecule has 0 aliphatic rings. The molecule has 1 unspecified atom stereocenters. The van der Waals surface area contributed by atoms with Crippen LogP contribution in [0.15, 0.2) is 18.2 Å². The Bertz CT molecular complexity index is 552. The molecule has 98 valence electrons. The largest absolute Gasteiger partial charge is 0.394 e. The zero-order valence-corrected chi connectivity index (χ0v) is 11.6. The van der Waals surface area contributed by atoms with Gasteiger partial charge in [0.05, 0.1) is 22.7 Å². The quantitative estimate of drug-likeness (QED) is 0.927. The summed E-state index contributed by atoms with van der Waals surface area (Å²) in [4.78, 5) is 0. The highest BCUT2D eigenvalue weighted by molar-refractivity contribution is 6.34. The van der Waals surface area contributed by atoms with Gasteiger partial charge >= 0.3 is 0 Å². The number of halogens is 1. The number of rotatable bonds is 4. The fraction of sp³-hybridized carbons (Fsp3) is 0.538. The third-order valence-corrected chi connectivity index (χ3v) is 3.43. The van der Waals surface area contributed by atoms with Crippen LogP contribution in [0.3, 0.4) is 0 Å². The van der Waals surface area contributed by atoms with Crippen molar-refractivity contribution in [2.45, 2.75) is 32.7 Å². The summed E-state index contributed by atoms with van der Waals surface area (Å²) in [6, 6.07) is 5.59. The minimum absolute atomic E-state index is 0.0240. The molecule has 2 rings (SSSR count). The predicted molar refractivity (Wildman–Crippen MR) is 72.7 cm³/mol. The van der Waals surface area contributed by atoms with E-state index in [4.69, 9.17) is 11.6 Å². The van der Waals surface area contributed by atoms with Crippen molar-refractivity contribution >= 4 is 22.6 Å². The molecule has 0 spiro atoms. The summed E-state index contributed by atoms with van der Waals surface area (Å²) >= 11 is 6.09. The van der Waals surface area contributed by atoms with Gasteiger partial charge in [0.25, 0.3) is 0 Å². The molecule has 5 heteroatoms. The summed E-state index contributed by atoms with van der Waals surface area (Å²) in [5, 5.41) is 18.6. The molecule has 0 amide bonds. The maximum Gasteiger partial charge on any atom is 0.131 e. The summed E-state index contributed by atoms with van der Waals surface area (Å²) in [6.45, 7) is 6.26. The fourth-order valence-electron chi connectivity index (χ4n) is 2.41. The first kappa shape index (κ1) is 13.3. The summed E-state index contributed by atoms with van der Waals surface area (Å²) in [7, 11) is 0. The molecule has 1 heterocycles. The molecule has 1 atom stereocenters. The summed E-state index contributed by atoms with van der Waals surface area (Å²) in [6.07, 6.45) is 0.828. The number of benzene rings is 1. The van der Waals surface area contributed by atoms with E-state index in [1.54, 1.807) is 10.7 Å². The van der Waals surface area contributed by atoms with Crippen molar-refractivity contribution in [3.05, 3.63) is 23.2 Å². The van der Waals surface area contributed by atoms with Crippen LogP contribution in [0, 0.1) is 5.92 Å². The van der Waals surface area contributed by atoms with E-state index in [1.165, 1.54) is 0 Å². The minimum atomic E-state index is -0.451. The van der Waals surface area contributed by atoms with Crippen molar-refractivity contribution in [3.8, 4) is 0 Å². The molecular formula is C13H18ClN3O. The van der Waals surface area contributed by atoms with E-state index < -0.39 is 5.54 Å². The highest BCUT2D eigenvalue weighted by atomic mass is 35.5. The highest BCUT2D eigenvalue weighted by Gasteiger charge is 2.30. The predicted octanol–water partition coefficient (Wildman–Crippen LogP) is 2.84. The van der Waals surface area contributed by atoms with Crippen molar-refractivity contribution < 1.29 is 5.11 Å². The number of fused-ring (bicyclic) bond motifs is 1. The Morgan fingerprint density at radius 3 is 2.78 bits per heavy atom. The van der Waals surface area contributed by atoms with E-state index in [9.17, 15) is 5.11 Å². The highest BCUT2D eigenvalue weighted by Crippen LogP contribution is 2.29. The number of hydrogen-bond donors (Lipinski definition) is 1. The Morgan fingerprint density at radius 1 is 1.44 bits per heavy atom. The second-order valence-corrected chi connectivity index (χ2v) is 5.77. The molecule has 0 saturated carbocycles. The zero-order valence-electron chi connectivity index (χ0n) is 10.9. The second-order valence-electron chi connectivity index (χ2n) is 5.36. The van der Waals surface area contributed by atoms with E-state index in [0.717, 1.165) is 11.9 Å². The van der Waals surface area contributed by atoms with Gasteiger partial charge in [-0.25, -0.2) is 4.68 Å². The molecule has 18 heavy (non-hydrogen) atoms. The van der Waals surface area contributed by atoms with Crippen LogP contribution in [0.5, 0.6) is 0 Å². The van der Waals surface area contributed by atoms with Gasteiger partial charge in [0, 0.05) is 0 Å². The molecule has 1 aromatic carbocycles. The van der Waals surface area contributed by atoms with E-state index in [1.807, 2.05) is 19.1 Å². The lowest BCUT2D eigenvalue weighted by Gasteiger charge is -2.29. The maximum absolute atomic E-state index is 9.71. The third-order valence-electron chi connectivity index (χ3n) is 3.13. The van der Waals surface area contributed by atoms with E-state index in [2.05, 4.69) is 24.2 Å². The van der Waals surface area contributed by atoms with Crippen LogP contribution in [0.1, 0.15) is 27.2 Å². The lowest BCUT2D eigenvalue weighted by molar-refractivity contribution is 0.115. The molecule has 0 aliphatic carbocycles. The topological polar surface area (TPSA) is 50.9 Å². The lowest BCUT2D eigenvalue weighted by Crippen LogP contribution is -2.36. The van der Waals surface area contributed by atoms with Crippen molar-refractivity contribution in [2.24, 2.45) is 5.92 Å². The summed E-state index contributed by atoms with van der Waals surface area (Å²) < 4.78 is 1.79. The number of aromatic nitrogens is 3. The Labute approximate surface area is 112 Å². The zero-order chi connectivity index (χ0) is 13.3. The van der Waals surface area contributed by atoms with E-state index >= 15 is 0 Å². The Morgan fingerprint density at radius 2 is 2.17 bits per heavy atom. The molecule has 1 N–H and O–H groups in total. The first-order valence-corrected chi connectivity index (χ1v) is 6.47. The Kier molecular flexibility index (Phi) is 3.59. The Balaban J connectivity index is 2.55. The van der Waals surface area contributed by atoms with E-state index in [0.29, 0.717) is 16.5 Å². The lowest BCUT2D eigenvalue weighted by atomic mass is 9.91. The molecule has 0 aliphatic heterocycles. The fourth-order valence-corrected chi connectivity index (χ4v) is 2.62. The van der Waals surface area contributed by atoms with Gasteiger partial charge in [-0.1, -0.05) is 36.7 Å². The van der Waals surface area contributed by atoms with Gasteiger partial charge in [0.2, 0.25) is 0 Å². The minimum Gasteiger partial charge on any atom is -0.394 e. The SMILES string of the molecule is CC(C)CC(C)(CO)n1nnc2c(Cl)cccc21. The number of aliphatic hydroxyl groups is 1. The number of nitrogens with zero attached hydrogens (tertiary/aromatic N) is 3. The molecule has 0 fully saturated rings. The van der Waals surface area contributed by atoms with Gasteiger partial charge < -0.3 is 5.11 Å². The van der Waals surface area contributed by atoms with Gasteiger partial charge in [-0.2, -0.15) is 0 Å². The summed E-state index contributed by atoms with van der Waals surface area (Å²) in [5.74, 6) is 0.459. The standard InChI is InChI=1S/C13H18ClN3O/c1-9(2)7-13(3,8-18)17-11-6-4-5-10(14)12(11)15-16-17/h4-6,9,18H,7-8H2,1-3H3. The molecule has 0 bridgehead atoms.